The first-order valence-corrected chi connectivity index (χ1v) is 11.6. The molecule has 0 radical (unpaired) electrons. The van der Waals surface area contributed by atoms with Crippen molar-refractivity contribution in [3.8, 4) is 5.75 Å². The summed E-state index contributed by atoms with van der Waals surface area (Å²) < 4.78 is 10.4. The van der Waals surface area contributed by atoms with E-state index in [2.05, 4.69) is 58.2 Å². The number of allylic oxidation sites excluding steroid dienone is 2. The number of carbonyl (C=O) groups excluding carboxylic acids is 2. The Bertz CT molecular complexity index is 1250. The third-order valence-corrected chi connectivity index (χ3v) is 6.33. The summed E-state index contributed by atoms with van der Waals surface area (Å²) in [5.41, 5.74) is 6.18. The molecule has 0 saturated heterocycles. The van der Waals surface area contributed by atoms with Crippen LogP contribution in [0.4, 0.5) is 0 Å². The van der Waals surface area contributed by atoms with Crippen LogP contribution in [0.3, 0.4) is 0 Å². The lowest BCUT2D eigenvalue weighted by Gasteiger charge is -2.28. The van der Waals surface area contributed by atoms with Gasteiger partial charge in [0.1, 0.15) is 5.75 Å². The Balaban J connectivity index is 1.90. The number of rotatable bonds is 9. The van der Waals surface area contributed by atoms with Crippen molar-refractivity contribution in [3.05, 3.63) is 125 Å². The molecule has 0 aliphatic heterocycles. The number of benzene rings is 3. The first-order chi connectivity index (χ1) is 16.7. The highest BCUT2D eigenvalue weighted by atomic mass is 16.5. The average Bonchev–Trinajstić information content (AvgIpc) is 2.86. The van der Waals surface area contributed by atoms with Gasteiger partial charge in [-0.15, -0.1) is 13.2 Å². The predicted molar refractivity (Wildman–Crippen MR) is 140 cm³/mol. The summed E-state index contributed by atoms with van der Waals surface area (Å²) in [5, 5.41) is 0. The molecule has 0 bridgehead atoms. The van der Waals surface area contributed by atoms with Crippen LogP contribution in [0.25, 0.3) is 0 Å². The fourth-order valence-corrected chi connectivity index (χ4v) is 4.00. The van der Waals surface area contributed by atoms with Gasteiger partial charge in [-0.2, -0.15) is 0 Å². The summed E-state index contributed by atoms with van der Waals surface area (Å²) in [4.78, 5) is 24.4. The zero-order valence-corrected chi connectivity index (χ0v) is 20.9. The van der Waals surface area contributed by atoms with Gasteiger partial charge in [0.25, 0.3) is 0 Å². The smallest absolute Gasteiger partial charge is 0.343 e. The Morgan fingerprint density at radius 1 is 0.800 bits per heavy atom. The Morgan fingerprint density at radius 3 is 1.89 bits per heavy atom. The monoisotopic (exact) mass is 468 g/mol. The van der Waals surface area contributed by atoms with E-state index in [1.165, 1.54) is 23.8 Å². The van der Waals surface area contributed by atoms with E-state index in [4.69, 9.17) is 9.47 Å². The molecule has 0 saturated carbocycles. The maximum atomic E-state index is 12.8. The van der Waals surface area contributed by atoms with Gasteiger partial charge in [0.15, 0.2) is 0 Å². The highest BCUT2D eigenvalue weighted by Crippen LogP contribution is 2.35. The lowest BCUT2D eigenvalue weighted by molar-refractivity contribution is 0.0599. The normalized spacial score (nSPS) is 11.0. The second-order valence-corrected chi connectivity index (χ2v) is 9.03. The van der Waals surface area contributed by atoms with Crippen molar-refractivity contribution >= 4 is 11.9 Å². The minimum absolute atomic E-state index is 0.258. The summed E-state index contributed by atoms with van der Waals surface area (Å²) in [6, 6.07) is 18.7. The molecule has 0 unspecified atom stereocenters. The van der Waals surface area contributed by atoms with Crippen LogP contribution in [0.15, 0.2) is 86.0 Å². The zero-order chi connectivity index (χ0) is 25.6. The van der Waals surface area contributed by atoms with Crippen molar-refractivity contribution in [2.24, 2.45) is 0 Å². The Labute approximate surface area is 207 Å². The lowest BCUT2D eigenvalue weighted by atomic mass is 9.76. The molecule has 0 heterocycles. The molecule has 35 heavy (non-hydrogen) atoms. The molecule has 0 aliphatic carbocycles. The van der Waals surface area contributed by atoms with Crippen molar-refractivity contribution in [2.75, 3.05) is 7.11 Å². The van der Waals surface area contributed by atoms with E-state index < -0.39 is 11.9 Å². The number of esters is 2. The van der Waals surface area contributed by atoms with Crippen LogP contribution in [-0.2, 0) is 23.0 Å². The van der Waals surface area contributed by atoms with Gasteiger partial charge in [-0.3, -0.25) is 0 Å². The molecule has 4 heteroatoms. The molecule has 0 atom stereocenters. The number of carbonyl (C=O) groups is 2. The van der Waals surface area contributed by atoms with Gasteiger partial charge >= 0.3 is 11.9 Å². The van der Waals surface area contributed by atoms with Crippen LogP contribution in [-0.4, -0.2) is 19.0 Å². The first-order valence-electron chi connectivity index (χ1n) is 11.6. The lowest BCUT2D eigenvalue weighted by Crippen LogP contribution is -2.20. The van der Waals surface area contributed by atoms with E-state index in [1.54, 1.807) is 30.3 Å². The minimum atomic E-state index is -0.494. The van der Waals surface area contributed by atoms with Gasteiger partial charge in [-0.05, 0) is 77.9 Å². The summed E-state index contributed by atoms with van der Waals surface area (Å²) >= 11 is 0. The van der Waals surface area contributed by atoms with Crippen LogP contribution in [0.1, 0.15) is 62.4 Å². The molecule has 3 aromatic carbocycles. The first kappa shape index (κ1) is 25.7. The fourth-order valence-electron chi connectivity index (χ4n) is 4.00. The SMILES string of the molecule is C=CCc1cc(C(C)(C)c2ccc(OC(=O)c3ccc(C(=O)OC)cc3)c(CC=C)c2)ccc1C. The largest absolute Gasteiger partial charge is 0.465 e. The summed E-state index contributed by atoms with van der Waals surface area (Å²) in [6.45, 7) is 14.2. The van der Waals surface area contributed by atoms with Crippen LogP contribution in [0, 0.1) is 6.92 Å². The zero-order valence-electron chi connectivity index (χ0n) is 20.9. The highest BCUT2D eigenvalue weighted by Gasteiger charge is 2.25. The number of hydrogen-bond donors (Lipinski definition) is 0. The van der Waals surface area contributed by atoms with E-state index in [1.807, 2.05) is 18.2 Å². The van der Waals surface area contributed by atoms with Crippen molar-refractivity contribution in [2.45, 2.75) is 39.0 Å². The molecule has 4 nitrogen and oxygen atoms in total. The topological polar surface area (TPSA) is 52.6 Å². The van der Waals surface area contributed by atoms with Crippen molar-refractivity contribution in [3.63, 3.8) is 0 Å². The Morgan fingerprint density at radius 2 is 1.31 bits per heavy atom. The standard InChI is InChI=1S/C31H32O4/c1-7-9-24-19-26(16-11-21(24)3)31(4,5)27-17-18-28(25(20-27)10-8-2)35-30(33)23-14-12-22(13-15-23)29(32)34-6/h7-8,11-20H,1-2,9-10H2,3-6H3. The predicted octanol–water partition coefficient (Wildman–Crippen LogP) is 6.78. The van der Waals surface area contributed by atoms with E-state index in [0.29, 0.717) is 23.3 Å². The Hall–Kier alpha value is -3.92. The maximum absolute atomic E-state index is 12.8. The van der Waals surface area contributed by atoms with E-state index in [0.717, 1.165) is 17.5 Å². The van der Waals surface area contributed by atoms with Gasteiger partial charge in [0.2, 0.25) is 0 Å². The maximum Gasteiger partial charge on any atom is 0.343 e. The molecule has 180 valence electrons. The fraction of sp³-hybridized carbons (Fsp3) is 0.226. The minimum Gasteiger partial charge on any atom is -0.465 e. The number of hydrogen-bond acceptors (Lipinski definition) is 4. The molecule has 3 aromatic rings. The Kier molecular flexibility index (Phi) is 8.08. The van der Waals surface area contributed by atoms with Crippen molar-refractivity contribution < 1.29 is 19.1 Å². The molecule has 0 fully saturated rings. The van der Waals surface area contributed by atoms with Gasteiger partial charge in [0.05, 0.1) is 18.2 Å². The van der Waals surface area contributed by atoms with E-state index in [-0.39, 0.29) is 5.41 Å². The number of aryl methyl sites for hydroxylation is 1. The van der Waals surface area contributed by atoms with Gasteiger partial charge in [0, 0.05) is 5.41 Å². The molecule has 3 rings (SSSR count). The molecule has 0 aromatic heterocycles. The quantitative estimate of drug-likeness (QED) is 0.197. The number of ether oxygens (including phenoxy) is 2. The van der Waals surface area contributed by atoms with Crippen molar-refractivity contribution in [1.29, 1.82) is 0 Å². The van der Waals surface area contributed by atoms with Crippen LogP contribution < -0.4 is 4.74 Å². The van der Waals surface area contributed by atoms with Crippen LogP contribution >= 0.6 is 0 Å². The third kappa shape index (κ3) is 5.78. The molecule has 0 amide bonds. The summed E-state index contributed by atoms with van der Waals surface area (Å²) in [7, 11) is 1.32. The van der Waals surface area contributed by atoms with E-state index in [9.17, 15) is 9.59 Å². The third-order valence-electron chi connectivity index (χ3n) is 6.33. The summed E-state index contributed by atoms with van der Waals surface area (Å²) in [5.74, 6) is -0.462. The molecule has 0 spiro atoms. The second kappa shape index (κ2) is 11.0. The van der Waals surface area contributed by atoms with Crippen LogP contribution in [0.5, 0.6) is 5.75 Å². The van der Waals surface area contributed by atoms with Gasteiger partial charge in [-0.25, -0.2) is 9.59 Å². The molecular formula is C31H32O4. The molecule has 0 N–H and O–H groups in total. The van der Waals surface area contributed by atoms with Crippen LogP contribution in [0.2, 0.25) is 0 Å². The van der Waals surface area contributed by atoms with Gasteiger partial charge in [-0.1, -0.05) is 56.3 Å². The number of methoxy groups -OCH3 is 1. The summed E-state index contributed by atoms with van der Waals surface area (Å²) in [6.07, 6.45) is 5.10. The van der Waals surface area contributed by atoms with Gasteiger partial charge < -0.3 is 9.47 Å². The van der Waals surface area contributed by atoms with Crippen molar-refractivity contribution in [1.82, 2.24) is 0 Å². The second-order valence-electron chi connectivity index (χ2n) is 9.03. The molecular weight excluding hydrogens is 436 g/mol. The van der Waals surface area contributed by atoms with E-state index >= 15 is 0 Å². The average molecular weight is 469 g/mol. The molecule has 0 aliphatic rings. The highest BCUT2D eigenvalue weighted by molar-refractivity contribution is 5.94.